The number of amides is 3. The highest BCUT2D eigenvalue weighted by molar-refractivity contribution is 5.96. The molecule has 5 N–H and O–H groups in total. The summed E-state index contributed by atoms with van der Waals surface area (Å²) in [5, 5.41) is 1.98. The molecule has 1 aromatic rings. The Morgan fingerprint density at radius 1 is 1.38 bits per heavy atom. The highest BCUT2D eigenvalue weighted by Crippen LogP contribution is 2.20. The van der Waals surface area contributed by atoms with E-state index in [4.69, 9.17) is 11.5 Å². The summed E-state index contributed by atoms with van der Waals surface area (Å²) in [5.74, 6) is -0.474. The second-order valence-electron chi connectivity index (χ2n) is 3.33. The molecule has 0 heterocycles. The Balaban J connectivity index is 2.66. The molecule has 3 amide bonds. The Morgan fingerprint density at radius 3 is 2.56 bits per heavy atom. The van der Waals surface area contributed by atoms with E-state index >= 15 is 0 Å². The number of nitrogens with two attached hydrogens (primary N) is 2. The quantitative estimate of drug-likeness (QED) is 0.621. The number of rotatable bonds is 3. The summed E-state index contributed by atoms with van der Waals surface area (Å²) in [7, 11) is 1.70. The SMILES string of the molecule is CN(CC(=O)NC(N)=O)c1ccccc1N. The Kier molecular flexibility index (Phi) is 3.71. The van der Waals surface area contributed by atoms with E-state index in [0.717, 1.165) is 5.69 Å². The average molecular weight is 222 g/mol. The Morgan fingerprint density at radius 2 is 2.00 bits per heavy atom. The number of primary amides is 1. The molecule has 0 saturated carbocycles. The number of hydrogen-bond donors (Lipinski definition) is 3. The largest absolute Gasteiger partial charge is 0.397 e. The number of nitrogens with zero attached hydrogens (tertiary/aromatic N) is 1. The summed E-state index contributed by atoms with van der Waals surface area (Å²) in [4.78, 5) is 23.3. The van der Waals surface area contributed by atoms with Crippen molar-refractivity contribution in [3.8, 4) is 0 Å². The van der Waals surface area contributed by atoms with Crippen LogP contribution >= 0.6 is 0 Å². The van der Waals surface area contributed by atoms with Crippen molar-refractivity contribution in [2.45, 2.75) is 0 Å². The van der Waals surface area contributed by atoms with Crippen molar-refractivity contribution < 1.29 is 9.59 Å². The van der Waals surface area contributed by atoms with Crippen molar-refractivity contribution in [2.24, 2.45) is 5.73 Å². The number of para-hydroxylation sites is 2. The Bertz CT molecular complexity index is 406. The highest BCUT2D eigenvalue weighted by atomic mass is 16.2. The third kappa shape index (κ3) is 3.16. The predicted molar refractivity (Wildman–Crippen MR) is 61.9 cm³/mol. The summed E-state index contributed by atoms with van der Waals surface area (Å²) in [6.07, 6.45) is 0. The van der Waals surface area contributed by atoms with Gasteiger partial charge in [-0.15, -0.1) is 0 Å². The lowest BCUT2D eigenvalue weighted by Gasteiger charge is -2.19. The molecule has 0 aromatic heterocycles. The maximum absolute atomic E-state index is 11.3. The summed E-state index contributed by atoms with van der Waals surface area (Å²) in [6, 6.07) is 6.27. The van der Waals surface area contributed by atoms with E-state index in [1.54, 1.807) is 30.1 Å². The zero-order valence-electron chi connectivity index (χ0n) is 8.93. The number of likely N-dealkylation sites (N-methyl/N-ethyl adjacent to an activating group) is 1. The standard InChI is InChI=1S/C10H14N4O2/c1-14(6-9(15)13-10(12)16)8-5-3-2-4-7(8)11/h2-5H,6,11H2,1H3,(H3,12,13,15,16). The third-order valence-electron chi connectivity index (χ3n) is 1.99. The number of anilines is 2. The van der Waals surface area contributed by atoms with Crippen molar-refractivity contribution in [3.05, 3.63) is 24.3 Å². The molecule has 0 bridgehead atoms. The molecule has 0 aliphatic carbocycles. The molecule has 0 atom stereocenters. The van der Waals surface area contributed by atoms with Gasteiger partial charge in [-0.1, -0.05) is 12.1 Å². The monoisotopic (exact) mass is 222 g/mol. The topological polar surface area (TPSA) is 101 Å². The molecule has 0 fully saturated rings. The first-order valence-electron chi connectivity index (χ1n) is 4.65. The lowest BCUT2D eigenvalue weighted by Crippen LogP contribution is -2.41. The first kappa shape index (κ1) is 11.8. The molecule has 0 saturated heterocycles. The minimum Gasteiger partial charge on any atom is -0.397 e. The summed E-state index contributed by atoms with van der Waals surface area (Å²) < 4.78 is 0. The Labute approximate surface area is 93.2 Å². The predicted octanol–water partition coefficient (Wildman–Crippen LogP) is -0.100. The number of benzene rings is 1. The first-order valence-corrected chi connectivity index (χ1v) is 4.65. The van der Waals surface area contributed by atoms with Crippen LogP contribution in [0.5, 0.6) is 0 Å². The van der Waals surface area contributed by atoms with E-state index < -0.39 is 11.9 Å². The Hall–Kier alpha value is -2.24. The summed E-state index contributed by atoms with van der Waals surface area (Å²) >= 11 is 0. The van der Waals surface area contributed by atoms with Gasteiger partial charge in [-0.25, -0.2) is 4.79 Å². The van der Waals surface area contributed by atoms with Crippen LogP contribution in [-0.4, -0.2) is 25.5 Å². The number of carbonyl (C=O) groups is 2. The second kappa shape index (κ2) is 5.01. The van der Waals surface area contributed by atoms with E-state index in [0.29, 0.717) is 5.69 Å². The second-order valence-corrected chi connectivity index (χ2v) is 3.33. The van der Waals surface area contributed by atoms with Crippen molar-refractivity contribution >= 4 is 23.3 Å². The van der Waals surface area contributed by atoms with Gasteiger partial charge >= 0.3 is 6.03 Å². The van der Waals surface area contributed by atoms with Gasteiger partial charge in [0, 0.05) is 7.05 Å². The number of nitrogens with one attached hydrogen (secondary N) is 1. The normalized spacial score (nSPS) is 9.56. The fourth-order valence-electron chi connectivity index (χ4n) is 1.31. The minimum atomic E-state index is -0.862. The fourth-order valence-corrected chi connectivity index (χ4v) is 1.31. The molecule has 0 radical (unpaired) electrons. The van der Waals surface area contributed by atoms with Gasteiger partial charge in [0.15, 0.2) is 0 Å². The maximum Gasteiger partial charge on any atom is 0.318 e. The van der Waals surface area contributed by atoms with E-state index in [1.807, 2.05) is 11.4 Å². The maximum atomic E-state index is 11.3. The van der Waals surface area contributed by atoms with Gasteiger partial charge in [0.25, 0.3) is 0 Å². The molecule has 6 nitrogen and oxygen atoms in total. The lowest BCUT2D eigenvalue weighted by molar-refractivity contribution is -0.118. The smallest absolute Gasteiger partial charge is 0.318 e. The molecular weight excluding hydrogens is 208 g/mol. The number of hydrogen-bond acceptors (Lipinski definition) is 4. The number of imide groups is 1. The molecule has 0 aliphatic rings. The molecule has 0 aliphatic heterocycles. The van der Waals surface area contributed by atoms with Crippen LogP contribution in [0.1, 0.15) is 0 Å². The number of carbonyl (C=O) groups excluding carboxylic acids is 2. The van der Waals surface area contributed by atoms with Gasteiger partial charge < -0.3 is 16.4 Å². The third-order valence-corrected chi connectivity index (χ3v) is 1.99. The van der Waals surface area contributed by atoms with Gasteiger partial charge in [-0.3, -0.25) is 10.1 Å². The molecule has 0 spiro atoms. The van der Waals surface area contributed by atoms with Crippen LogP contribution < -0.4 is 21.7 Å². The number of urea groups is 1. The van der Waals surface area contributed by atoms with Crippen molar-refractivity contribution in [1.82, 2.24) is 5.32 Å². The molecule has 1 rings (SSSR count). The van der Waals surface area contributed by atoms with E-state index in [9.17, 15) is 9.59 Å². The van der Waals surface area contributed by atoms with E-state index in [-0.39, 0.29) is 6.54 Å². The van der Waals surface area contributed by atoms with Crippen LogP contribution in [0.3, 0.4) is 0 Å². The molecular formula is C10H14N4O2. The van der Waals surface area contributed by atoms with Crippen LogP contribution in [0, 0.1) is 0 Å². The van der Waals surface area contributed by atoms with Gasteiger partial charge in [0.05, 0.1) is 17.9 Å². The van der Waals surface area contributed by atoms with Gasteiger partial charge in [0.2, 0.25) is 5.91 Å². The van der Waals surface area contributed by atoms with Crippen LogP contribution in [0.2, 0.25) is 0 Å². The summed E-state index contributed by atoms with van der Waals surface area (Å²) in [5.41, 5.74) is 11.8. The molecule has 6 heteroatoms. The summed E-state index contributed by atoms with van der Waals surface area (Å²) in [6.45, 7) is 0.0111. The lowest BCUT2D eigenvalue weighted by atomic mass is 10.2. The zero-order chi connectivity index (χ0) is 12.1. The molecule has 86 valence electrons. The fraction of sp³-hybridized carbons (Fsp3) is 0.200. The van der Waals surface area contributed by atoms with Crippen molar-refractivity contribution in [2.75, 3.05) is 24.2 Å². The first-order chi connectivity index (χ1) is 7.50. The van der Waals surface area contributed by atoms with Crippen molar-refractivity contribution in [3.63, 3.8) is 0 Å². The van der Waals surface area contributed by atoms with Crippen LogP contribution in [0.25, 0.3) is 0 Å². The molecule has 0 unspecified atom stereocenters. The minimum absolute atomic E-state index is 0.0111. The average Bonchev–Trinajstić information content (AvgIpc) is 2.16. The zero-order valence-corrected chi connectivity index (χ0v) is 8.93. The van der Waals surface area contributed by atoms with Gasteiger partial charge in [0.1, 0.15) is 0 Å². The van der Waals surface area contributed by atoms with Gasteiger partial charge in [-0.2, -0.15) is 0 Å². The van der Waals surface area contributed by atoms with E-state index in [2.05, 4.69) is 0 Å². The molecule has 16 heavy (non-hydrogen) atoms. The molecule has 1 aromatic carbocycles. The number of nitrogen functional groups attached to an aromatic ring is 1. The van der Waals surface area contributed by atoms with Crippen molar-refractivity contribution in [1.29, 1.82) is 0 Å². The van der Waals surface area contributed by atoms with E-state index in [1.165, 1.54) is 0 Å². The van der Waals surface area contributed by atoms with Gasteiger partial charge in [-0.05, 0) is 12.1 Å². The van der Waals surface area contributed by atoms with Crippen LogP contribution in [0.15, 0.2) is 24.3 Å². The highest BCUT2D eigenvalue weighted by Gasteiger charge is 2.10. The van der Waals surface area contributed by atoms with Crippen LogP contribution in [-0.2, 0) is 4.79 Å². The van der Waals surface area contributed by atoms with Crippen LogP contribution in [0.4, 0.5) is 16.2 Å².